The van der Waals surface area contributed by atoms with Crippen molar-refractivity contribution >= 4 is 5.91 Å². The van der Waals surface area contributed by atoms with E-state index >= 15 is 0 Å². The molecule has 2 atom stereocenters. The number of β-amino-alcohol motifs (C(OH)–C–C–N with tert-alkyl or cyclic N) is 1. The van der Waals surface area contributed by atoms with Crippen molar-refractivity contribution in [3.05, 3.63) is 0 Å². The predicted molar refractivity (Wildman–Crippen MR) is 46.7 cm³/mol. The molecule has 0 aromatic heterocycles. The van der Waals surface area contributed by atoms with Crippen LogP contribution in [0.1, 0.15) is 26.7 Å². The fourth-order valence-corrected chi connectivity index (χ4v) is 1.68. The van der Waals surface area contributed by atoms with E-state index in [0.29, 0.717) is 18.9 Å². The predicted octanol–water partition coefficient (Wildman–Crippen LogP) is 0.626. The molecule has 0 radical (unpaired) electrons. The van der Waals surface area contributed by atoms with Crippen LogP contribution in [0, 0.1) is 5.92 Å². The zero-order valence-electron chi connectivity index (χ0n) is 7.79. The van der Waals surface area contributed by atoms with E-state index in [4.69, 9.17) is 0 Å². The average molecular weight is 171 g/mol. The number of rotatable bonds is 2. The molecule has 1 N–H and O–H groups in total. The molecule has 1 heterocycles. The van der Waals surface area contributed by atoms with Gasteiger partial charge in [0.25, 0.3) is 0 Å². The molecule has 0 aromatic carbocycles. The van der Waals surface area contributed by atoms with Gasteiger partial charge in [-0.1, -0.05) is 13.8 Å². The topological polar surface area (TPSA) is 40.5 Å². The lowest BCUT2D eigenvalue weighted by atomic mass is 10.0. The molecule has 0 spiro atoms. The van der Waals surface area contributed by atoms with Gasteiger partial charge in [0.15, 0.2) is 0 Å². The average Bonchev–Trinajstić information content (AvgIpc) is 2.45. The molecule has 3 nitrogen and oxygen atoms in total. The Morgan fingerprint density at radius 3 is 2.58 bits per heavy atom. The minimum absolute atomic E-state index is 0.157. The van der Waals surface area contributed by atoms with Crippen molar-refractivity contribution < 1.29 is 9.90 Å². The summed E-state index contributed by atoms with van der Waals surface area (Å²) in [4.78, 5) is 13.0. The van der Waals surface area contributed by atoms with E-state index in [1.54, 1.807) is 4.90 Å². The Kier molecular flexibility index (Phi) is 3.09. The highest BCUT2D eigenvalue weighted by Crippen LogP contribution is 2.20. The van der Waals surface area contributed by atoms with E-state index in [1.807, 2.05) is 13.8 Å². The Morgan fingerprint density at radius 1 is 1.50 bits per heavy atom. The Labute approximate surface area is 73.4 Å². The monoisotopic (exact) mass is 171 g/mol. The lowest BCUT2D eigenvalue weighted by molar-refractivity contribution is -0.130. The number of likely N-dealkylation sites (tertiary alicyclic amines) is 1. The first-order valence-electron chi connectivity index (χ1n) is 4.64. The maximum absolute atomic E-state index is 11.2. The summed E-state index contributed by atoms with van der Waals surface area (Å²) in [7, 11) is 0. The zero-order valence-corrected chi connectivity index (χ0v) is 7.79. The summed E-state index contributed by atoms with van der Waals surface area (Å²) in [6.45, 7) is 5.18. The second-order valence-corrected chi connectivity index (χ2v) is 3.39. The molecule has 1 saturated heterocycles. The van der Waals surface area contributed by atoms with E-state index in [9.17, 15) is 9.90 Å². The van der Waals surface area contributed by atoms with Gasteiger partial charge in [-0.2, -0.15) is 0 Å². The van der Waals surface area contributed by atoms with Crippen molar-refractivity contribution in [1.82, 2.24) is 4.90 Å². The number of amides is 1. The lowest BCUT2D eigenvalue weighted by Gasteiger charge is -2.13. The second-order valence-electron chi connectivity index (χ2n) is 3.39. The maximum atomic E-state index is 11.2. The van der Waals surface area contributed by atoms with Crippen molar-refractivity contribution in [2.45, 2.75) is 32.8 Å². The van der Waals surface area contributed by atoms with Crippen LogP contribution >= 0.6 is 0 Å². The normalized spacial score (nSPS) is 29.4. The third-order valence-electron chi connectivity index (χ3n) is 2.59. The lowest BCUT2D eigenvalue weighted by Crippen LogP contribution is -2.28. The van der Waals surface area contributed by atoms with Gasteiger partial charge in [0.2, 0.25) is 5.91 Å². The first-order valence-corrected chi connectivity index (χ1v) is 4.64. The number of aliphatic hydroxyl groups is 1. The second kappa shape index (κ2) is 3.90. The van der Waals surface area contributed by atoms with Gasteiger partial charge in [0.05, 0.1) is 6.10 Å². The van der Waals surface area contributed by atoms with E-state index in [2.05, 4.69) is 0 Å². The number of carbonyl (C=O) groups is 1. The molecule has 1 aliphatic heterocycles. The minimum atomic E-state index is -0.300. The summed E-state index contributed by atoms with van der Waals surface area (Å²) in [5.41, 5.74) is 0. The highest BCUT2D eigenvalue weighted by molar-refractivity contribution is 5.76. The molecule has 0 unspecified atom stereocenters. The molecule has 0 bridgehead atoms. The molecule has 3 heteroatoms. The SMILES string of the molecule is CCC(=O)N1C[C@@H](CC)[C@@H](O)C1. The van der Waals surface area contributed by atoms with Gasteiger partial charge in [0, 0.05) is 25.4 Å². The number of carbonyl (C=O) groups excluding carboxylic acids is 1. The van der Waals surface area contributed by atoms with E-state index in [-0.39, 0.29) is 12.0 Å². The van der Waals surface area contributed by atoms with Crippen LogP contribution in [-0.4, -0.2) is 35.1 Å². The van der Waals surface area contributed by atoms with Crippen molar-refractivity contribution in [2.75, 3.05) is 13.1 Å². The summed E-state index contributed by atoms with van der Waals surface area (Å²) >= 11 is 0. The molecular weight excluding hydrogens is 154 g/mol. The molecule has 1 amide bonds. The minimum Gasteiger partial charge on any atom is -0.391 e. The van der Waals surface area contributed by atoms with Crippen LogP contribution in [0.4, 0.5) is 0 Å². The summed E-state index contributed by atoms with van der Waals surface area (Å²) in [5.74, 6) is 0.450. The number of hydrogen-bond acceptors (Lipinski definition) is 2. The Balaban J connectivity index is 2.48. The third kappa shape index (κ3) is 1.78. The van der Waals surface area contributed by atoms with Crippen molar-refractivity contribution in [3.8, 4) is 0 Å². The molecular formula is C9H17NO2. The molecule has 1 fully saturated rings. The quantitative estimate of drug-likeness (QED) is 0.662. The summed E-state index contributed by atoms with van der Waals surface area (Å²) < 4.78 is 0. The highest BCUT2D eigenvalue weighted by Gasteiger charge is 2.31. The van der Waals surface area contributed by atoms with E-state index in [1.165, 1.54) is 0 Å². The van der Waals surface area contributed by atoms with Crippen molar-refractivity contribution in [3.63, 3.8) is 0 Å². The van der Waals surface area contributed by atoms with Crippen LogP contribution < -0.4 is 0 Å². The van der Waals surface area contributed by atoms with Gasteiger partial charge >= 0.3 is 0 Å². The standard InChI is InChI=1S/C9H17NO2/c1-3-7-5-10(6-8(7)11)9(12)4-2/h7-8,11H,3-6H2,1-2H3/t7-,8+/m1/s1. The van der Waals surface area contributed by atoms with E-state index in [0.717, 1.165) is 13.0 Å². The Bertz CT molecular complexity index is 170. The molecule has 70 valence electrons. The van der Waals surface area contributed by atoms with Crippen LogP contribution in [0.15, 0.2) is 0 Å². The van der Waals surface area contributed by atoms with Crippen LogP contribution in [0.25, 0.3) is 0 Å². The summed E-state index contributed by atoms with van der Waals surface area (Å²) in [6, 6.07) is 0. The van der Waals surface area contributed by atoms with Gasteiger partial charge in [-0.15, -0.1) is 0 Å². The van der Waals surface area contributed by atoms with Gasteiger partial charge in [-0.05, 0) is 6.42 Å². The molecule has 0 aliphatic carbocycles. The first kappa shape index (κ1) is 9.52. The Hall–Kier alpha value is -0.570. The van der Waals surface area contributed by atoms with Crippen LogP contribution in [-0.2, 0) is 4.79 Å². The number of nitrogens with zero attached hydrogens (tertiary/aromatic N) is 1. The van der Waals surface area contributed by atoms with Crippen LogP contribution in [0.5, 0.6) is 0 Å². The zero-order chi connectivity index (χ0) is 9.14. The summed E-state index contributed by atoms with van der Waals surface area (Å²) in [6.07, 6.45) is 1.20. The molecule has 1 rings (SSSR count). The fourth-order valence-electron chi connectivity index (χ4n) is 1.68. The number of aliphatic hydroxyl groups excluding tert-OH is 1. The third-order valence-corrected chi connectivity index (χ3v) is 2.59. The molecule has 0 saturated carbocycles. The van der Waals surface area contributed by atoms with Crippen molar-refractivity contribution in [2.24, 2.45) is 5.92 Å². The fraction of sp³-hybridized carbons (Fsp3) is 0.889. The van der Waals surface area contributed by atoms with Gasteiger partial charge in [-0.25, -0.2) is 0 Å². The van der Waals surface area contributed by atoms with Gasteiger partial charge < -0.3 is 10.0 Å². The molecule has 12 heavy (non-hydrogen) atoms. The van der Waals surface area contributed by atoms with Crippen LogP contribution in [0.3, 0.4) is 0 Å². The first-order chi connectivity index (χ1) is 5.69. The molecule has 0 aromatic rings. The van der Waals surface area contributed by atoms with Gasteiger partial charge in [0.1, 0.15) is 0 Å². The number of hydrogen-bond donors (Lipinski definition) is 1. The van der Waals surface area contributed by atoms with Crippen LogP contribution in [0.2, 0.25) is 0 Å². The van der Waals surface area contributed by atoms with Crippen molar-refractivity contribution in [1.29, 1.82) is 0 Å². The summed E-state index contributed by atoms with van der Waals surface area (Å²) in [5, 5.41) is 9.51. The highest BCUT2D eigenvalue weighted by atomic mass is 16.3. The smallest absolute Gasteiger partial charge is 0.222 e. The van der Waals surface area contributed by atoms with Gasteiger partial charge in [-0.3, -0.25) is 4.79 Å². The maximum Gasteiger partial charge on any atom is 0.222 e. The largest absolute Gasteiger partial charge is 0.391 e. The van der Waals surface area contributed by atoms with E-state index < -0.39 is 0 Å². The Morgan fingerprint density at radius 2 is 2.17 bits per heavy atom. The molecule has 1 aliphatic rings.